The van der Waals surface area contributed by atoms with Gasteiger partial charge in [0.15, 0.2) is 5.75 Å². The van der Waals surface area contributed by atoms with Crippen molar-refractivity contribution in [3.05, 3.63) is 73.8 Å². The van der Waals surface area contributed by atoms with Gasteiger partial charge in [-0.05, 0) is 12.1 Å². The zero-order valence-corrected chi connectivity index (χ0v) is 12.7. The zero-order valence-electron chi connectivity index (χ0n) is 12.7. The summed E-state index contributed by atoms with van der Waals surface area (Å²) in [6, 6.07) is 9.43. The van der Waals surface area contributed by atoms with Crippen molar-refractivity contribution >= 4 is 23.5 Å². The molecule has 10 nitrogen and oxygen atoms in total. The molecule has 0 saturated carbocycles. The maximum absolute atomic E-state index is 11.8. The summed E-state index contributed by atoms with van der Waals surface area (Å²) in [7, 11) is 0. The molecule has 0 bridgehead atoms. The highest BCUT2D eigenvalue weighted by atomic mass is 16.6. The van der Waals surface area contributed by atoms with Crippen molar-refractivity contribution in [2.75, 3.05) is 0 Å². The highest BCUT2D eigenvalue weighted by Crippen LogP contribution is 2.25. The number of carbonyl (C=O) groups is 1. The lowest BCUT2D eigenvalue weighted by Crippen LogP contribution is -2.20. The minimum atomic E-state index is -0.750. The van der Waals surface area contributed by atoms with E-state index in [-0.39, 0.29) is 23.2 Å². The van der Waals surface area contributed by atoms with Crippen LogP contribution in [0.5, 0.6) is 5.75 Å². The van der Waals surface area contributed by atoms with E-state index >= 15 is 0 Å². The number of hydrogen-bond donors (Lipinski definition) is 2. The minimum Gasteiger partial charge on any atom is -0.502 e. The Hall–Kier alpha value is -3.82. The van der Waals surface area contributed by atoms with Gasteiger partial charge < -0.3 is 5.11 Å². The number of phenolic OH excluding ortho intramolecular Hbond substituents is 1. The van der Waals surface area contributed by atoms with E-state index in [1.807, 2.05) is 0 Å². The number of hydrazone groups is 1. The van der Waals surface area contributed by atoms with Crippen molar-refractivity contribution in [2.24, 2.45) is 5.10 Å². The number of carbonyl (C=O) groups excluding carboxylic acids is 1. The molecule has 0 aliphatic rings. The van der Waals surface area contributed by atoms with E-state index < -0.39 is 27.2 Å². The Morgan fingerprint density at radius 1 is 1.12 bits per heavy atom. The number of amides is 1. The fourth-order valence-corrected chi connectivity index (χ4v) is 2.00. The molecule has 2 rings (SSSR count). The summed E-state index contributed by atoms with van der Waals surface area (Å²) in [5.41, 5.74) is 2.05. The van der Waals surface area contributed by atoms with Crippen LogP contribution in [0.25, 0.3) is 0 Å². The van der Waals surface area contributed by atoms with E-state index in [9.17, 15) is 30.1 Å². The van der Waals surface area contributed by atoms with Crippen LogP contribution in [0.15, 0.2) is 47.6 Å². The third-order valence-corrected chi connectivity index (χ3v) is 3.14. The predicted octanol–water partition coefficient (Wildman–Crippen LogP) is 1.90. The van der Waals surface area contributed by atoms with Crippen LogP contribution < -0.4 is 5.43 Å². The molecule has 128 valence electrons. The van der Waals surface area contributed by atoms with E-state index in [1.165, 1.54) is 24.3 Å². The Morgan fingerprint density at radius 3 is 2.48 bits per heavy atom. The molecule has 0 heterocycles. The number of rotatable bonds is 6. The number of benzene rings is 2. The molecule has 0 radical (unpaired) electrons. The molecule has 0 atom stereocenters. The van der Waals surface area contributed by atoms with E-state index in [0.717, 1.165) is 18.3 Å². The number of nitro groups is 2. The number of aromatic hydroxyl groups is 1. The molecular formula is C15H12N4O6. The molecule has 0 aliphatic heterocycles. The van der Waals surface area contributed by atoms with Crippen molar-refractivity contribution in [1.29, 1.82) is 0 Å². The van der Waals surface area contributed by atoms with Gasteiger partial charge >= 0.3 is 5.69 Å². The van der Waals surface area contributed by atoms with Crippen molar-refractivity contribution < 1.29 is 19.7 Å². The maximum atomic E-state index is 11.8. The number of nitrogens with zero attached hydrogens (tertiary/aromatic N) is 3. The molecule has 10 heteroatoms. The van der Waals surface area contributed by atoms with E-state index in [0.29, 0.717) is 0 Å². The molecule has 2 N–H and O–H groups in total. The van der Waals surface area contributed by atoms with Crippen LogP contribution in [0.4, 0.5) is 11.4 Å². The van der Waals surface area contributed by atoms with E-state index in [2.05, 4.69) is 10.5 Å². The first-order valence-electron chi connectivity index (χ1n) is 6.90. The first-order valence-corrected chi connectivity index (χ1v) is 6.90. The quantitative estimate of drug-likeness (QED) is 0.464. The summed E-state index contributed by atoms with van der Waals surface area (Å²) in [6.45, 7) is 0. The lowest BCUT2D eigenvalue weighted by molar-refractivity contribution is -0.385. The van der Waals surface area contributed by atoms with Crippen LogP contribution in [-0.2, 0) is 11.2 Å². The van der Waals surface area contributed by atoms with Crippen molar-refractivity contribution in [3.8, 4) is 5.75 Å². The standard InChI is InChI=1S/C15H12N4O6/c20-14-6-5-10(7-13(14)19(24)25)9-16-17-15(21)8-11-3-1-2-4-12(11)18(22)23/h1-7,9,20H,8H2,(H,17,21)/b16-9+. The normalized spacial score (nSPS) is 10.6. The van der Waals surface area contributed by atoms with Gasteiger partial charge in [0, 0.05) is 23.3 Å². The molecule has 0 fully saturated rings. The second-order valence-electron chi connectivity index (χ2n) is 4.86. The number of nitrogens with one attached hydrogen (secondary N) is 1. The van der Waals surface area contributed by atoms with Gasteiger partial charge in [-0.15, -0.1) is 0 Å². The van der Waals surface area contributed by atoms with Crippen molar-refractivity contribution in [3.63, 3.8) is 0 Å². The molecule has 0 aliphatic carbocycles. The van der Waals surface area contributed by atoms with Gasteiger partial charge in [-0.25, -0.2) is 5.43 Å². The molecule has 2 aromatic carbocycles. The van der Waals surface area contributed by atoms with Crippen molar-refractivity contribution in [2.45, 2.75) is 6.42 Å². The van der Waals surface area contributed by atoms with Gasteiger partial charge in [0.05, 0.1) is 22.5 Å². The molecule has 0 unspecified atom stereocenters. The summed E-state index contributed by atoms with van der Waals surface area (Å²) < 4.78 is 0. The lowest BCUT2D eigenvalue weighted by atomic mass is 10.1. The van der Waals surface area contributed by atoms with Crippen LogP contribution in [0.3, 0.4) is 0 Å². The molecule has 25 heavy (non-hydrogen) atoms. The molecule has 1 amide bonds. The zero-order chi connectivity index (χ0) is 18.4. The van der Waals surface area contributed by atoms with Crippen LogP contribution in [-0.4, -0.2) is 27.1 Å². The predicted molar refractivity (Wildman–Crippen MR) is 87.3 cm³/mol. The van der Waals surface area contributed by atoms with Crippen molar-refractivity contribution in [1.82, 2.24) is 5.43 Å². The monoisotopic (exact) mass is 344 g/mol. The van der Waals surface area contributed by atoms with Crippen LogP contribution in [0.2, 0.25) is 0 Å². The van der Waals surface area contributed by atoms with E-state index in [4.69, 9.17) is 0 Å². The molecule has 2 aromatic rings. The second kappa shape index (κ2) is 7.64. The van der Waals surface area contributed by atoms with Gasteiger partial charge in [-0.2, -0.15) is 5.10 Å². The maximum Gasteiger partial charge on any atom is 0.311 e. The van der Waals surface area contributed by atoms with Crippen LogP contribution in [0.1, 0.15) is 11.1 Å². The number of phenols is 1. The molecule has 0 aromatic heterocycles. The summed E-state index contributed by atoms with van der Waals surface area (Å²) in [6.07, 6.45) is 0.911. The average molecular weight is 344 g/mol. The van der Waals surface area contributed by atoms with Gasteiger partial charge in [0.1, 0.15) is 0 Å². The third kappa shape index (κ3) is 4.58. The highest BCUT2D eigenvalue weighted by molar-refractivity contribution is 5.84. The SMILES string of the molecule is O=C(Cc1ccccc1[N+](=O)[O-])N/N=C/c1ccc(O)c([N+](=O)[O-])c1. The van der Waals surface area contributed by atoms with Crippen LogP contribution in [0, 0.1) is 20.2 Å². The highest BCUT2D eigenvalue weighted by Gasteiger charge is 2.15. The molecule has 0 saturated heterocycles. The fraction of sp³-hybridized carbons (Fsp3) is 0.0667. The van der Waals surface area contributed by atoms with Gasteiger partial charge in [0.25, 0.3) is 5.69 Å². The Bertz CT molecular complexity index is 865. The molecule has 0 spiro atoms. The minimum absolute atomic E-state index is 0.171. The Balaban J connectivity index is 2.03. The number of nitro benzene ring substituents is 2. The summed E-state index contributed by atoms with van der Waals surface area (Å²) in [5, 5.41) is 34.6. The summed E-state index contributed by atoms with van der Waals surface area (Å²) >= 11 is 0. The third-order valence-electron chi connectivity index (χ3n) is 3.14. The van der Waals surface area contributed by atoms with Gasteiger partial charge in [-0.3, -0.25) is 25.0 Å². The average Bonchev–Trinajstić information content (AvgIpc) is 2.56. The molecular weight excluding hydrogens is 332 g/mol. The Labute approximate surface area is 140 Å². The van der Waals surface area contributed by atoms with E-state index in [1.54, 1.807) is 6.07 Å². The largest absolute Gasteiger partial charge is 0.502 e. The van der Waals surface area contributed by atoms with Crippen LogP contribution >= 0.6 is 0 Å². The van der Waals surface area contributed by atoms with Gasteiger partial charge in [0.2, 0.25) is 5.91 Å². The first-order chi connectivity index (χ1) is 11.9. The summed E-state index contributed by atoms with van der Waals surface area (Å²) in [4.78, 5) is 32.1. The Morgan fingerprint density at radius 2 is 1.80 bits per heavy atom. The topological polar surface area (TPSA) is 148 Å². The smallest absolute Gasteiger partial charge is 0.311 e. The van der Waals surface area contributed by atoms with Gasteiger partial charge in [-0.1, -0.05) is 18.2 Å². The number of para-hydroxylation sites is 1. The Kier molecular flexibility index (Phi) is 5.36. The lowest BCUT2D eigenvalue weighted by Gasteiger charge is -2.02. The number of hydrogen-bond acceptors (Lipinski definition) is 7. The second-order valence-corrected chi connectivity index (χ2v) is 4.86. The summed E-state index contributed by atoms with van der Waals surface area (Å²) in [5.74, 6) is -1.07. The fourth-order valence-electron chi connectivity index (χ4n) is 2.00. The first kappa shape index (κ1) is 17.5.